The molecule has 0 aliphatic carbocycles. The van der Waals surface area contributed by atoms with Crippen LogP contribution in [0.3, 0.4) is 0 Å². The van der Waals surface area contributed by atoms with Crippen molar-refractivity contribution in [1.82, 2.24) is 0 Å². The summed E-state index contributed by atoms with van der Waals surface area (Å²) in [4.78, 5) is 0. The molecule has 0 saturated heterocycles. The molecule has 1 heterocycles. The third-order valence-corrected chi connectivity index (χ3v) is 8.00. The van der Waals surface area contributed by atoms with Gasteiger partial charge in [-0.25, -0.2) is 0 Å². The Hall–Kier alpha value is 1.76. The van der Waals surface area contributed by atoms with Gasteiger partial charge in [0.25, 0.3) is 0 Å². The second-order valence-electron chi connectivity index (χ2n) is 1.86. The van der Waals surface area contributed by atoms with Crippen molar-refractivity contribution in [3.63, 3.8) is 0 Å². The highest BCUT2D eigenvalue weighted by Crippen LogP contribution is 2.34. The summed E-state index contributed by atoms with van der Waals surface area (Å²) < 4.78 is 0. The van der Waals surface area contributed by atoms with Crippen LogP contribution in [0.5, 0.6) is 0 Å². The molecule has 16 heavy (non-hydrogen) atoms. The van der Waals surface area contributed by atoms with Gasteiger partial charge in [-0.2, -0.15) is 0 Å². The topological polar surface area (TPSA) is 0 Å². The first-order valence-corrected chi connectivity index (χ1v) is 13.0. The van der Waals surface area contributed by atoms with E-state index in [0.29, 0.717) is 0 Å². The maximum absolute atomic E-state index is 2.10. The Morgan fingerprint density at radius 1 is 0.250 bits per heavy atom. The fourth-order valence-electron chi connectivity index (χ4n) is 0.438. The molecule has 1 aliphatic heterocycles. The molecule has 0 aromatic rings. The van der Waals surface area contributed by atoms with Crippen LogP contribution in [0.4, 0.5) is 0 Å². The summed E-state index contributed by atoms with van der Waals surface area (Å²) in [6, 6.07) is 0. The quantitative estimate of drug-likeness (QED) is 0.404. The van der Waals surface area contributed by atoms with Gasteiger partial charge >= 0.3 is 0 Å². The normalized spacial score (nSPS) is 28.0. The van der Waals surface area contributed by atoms with Crippen LogP contribution in [0.25, 0.3) is 0 Å². The first kappa shape index (κ1) is 15.8. The van der Waals surface area contributed by atoms with Crippen LogP contribution in [0.15, 0.2) is 43.3 Å². The highest BCUT2D eigenvalue weighted by Gasteiger charge is 1.84. The molecule has 1 rings (SSSR count). The van der Waals surface area contributed by atoms with Crippen molar-refractivity contribution in [2.45, 2.75) is 0 Å². The van der Waals surface area contributed by atoms with Crippen molar-refractivity contribution in [3.8, 4) is 0 Å². The molecule has 0 saturated carbocycles. The first-order chi connectivity index (χ1) is 8.00. The van der Waals surface area contributed by atoms with Gasteiger partial charge in [0.2, 0.25) is 0 Å². The third kappa shape index (κ3) is 10.9. The average Bonchev–Trinajstić information content (AvgIpc) is 2.29. The molecule has 0 aromatic carbocycles. The van der Waals surface area contributed by atoms with E-state index in [1.54, 1.807) is 86.4 Å². The Bertz CT molecular complexity index is 189. The van der Waals surface area contributed by atoms with E-state index in [9.17, 15) is 0 Å². The lowest BCUT2D eigenvalue weighted by Gasteiger charge is -1.90. The average molecular weight is 361 g/mol. The summed E-state index contributed by atoms with van der Waals surface area (Å²) in [6.45, 7) is 0. The molecule has 0 fully saturated rings. The second-order valence-corrected chi connectivity index (χ2v) is 10.2. The predicted molar refractivity (Wildman–Crippen MR) is 97.3 cm³/mol. The summed E-state index contributed by atoms with van der Waals surface area (Å²) in [5.41, 5.74) is 0. The molecule has 0 amide bonds. The van der Waals surface area contributed by atoms with Gasteiger partial charge in [0.15, 0.2) is 0 Å². The summed E-state index contributed by atoms with van der Waals surface area (Å²) in [7, 11) is 13.8. The molecule has 0 unspecified atom stereocenters. The summed E-state index contributed by atoms with van der Waals surface area (Å²) in [5, 5.41) is 16.8. The minimum absolute atomic E-state index is 1.73. The maximum atomic E-state index is 2.10. The molecule has 0 atom stereocenters. The fraction of sp³-hybridized carbons (Fsp3) is 0. The van der Waals surface area contributed by atoms with Crippen LogP contribution in [0.1, 0.15) is 0 Å². The van der Waals surface area contributed by atoms with E-state index < -0.39 is 0 Å². The minimum Gasteiger partial charge on any atom is -0.0606 e. The van der Waals surface area contributed by atoms with Gasteiger partial charge in [-0.1, -0.05) is 86.4 Å². The van der Waals surface area contributed by atoms with Crippen molar-refractivity contribution in [1.29, 1.82) is 0 Å². The summed E-state index contributed by atoms with van der Waals surface area (Å²) >= 11 is 0. The molecular formula is C8H8S8. The maximum Gasteiger partial charge on any atom is -0.0106 e. The lowest BCUT2D eigenvalue weighted by Crippen LogP contribution is -1.46. The van der Waals surface area contributed by atoms with E-state index >= 15 is 0 Å². The van der Waals surface area contributed by atoms with E-state index in [0.717, 1.165) is 0 Å². The Labute approximate surface area is 128 Å². The Morgan fingerprint density at radius 3 is 0.500 bits per heavy atom. The van der Waals surface area contributed by atoms with Crippen molar-refractivity contribution in [2.75, 3.05) is 0 Å². The Kier molecular flexibility index (Phi) is 13.0. The molecule has 0 nitrogen and oxygen atoms in total. The van der Waals surface area contributed by atoms with Gasteiger partial charge in [0.1, 0.15) is 0 Å². The van der Waals surface area contributed by atoms with Crippen LogP contribution in [-0.2, 0) is 0 Å². The van der Waals surface area contributed by atoms with E-state index in [1.165, 1.54) is 0 Å². The van der Waals surface area contributed by atoms with Gasteiger partial charge < -0.3 is 0 Å². The van der Waals surface area contributed by atoms with Crippen LogP contribution < -0.4 is 0 Å². The molecule has 1 aliphatic rings. The summed E-state index contributed by atoms with van der Waals surface area (Å²) in [6.07, 6.45) is 0. The molecule has 0 N–H and O–H groups in total. The Balaban J connectivity index is 2.29. The first-order valence-electron chi connectivity index (χ1n) is 3.89. The van der Waals surface area contributed by atoms with Gasteiger partial charge in [-0.05, 0) is 43.3 Å². The van der Waals surface area contributed by atoms with Crippen molar-refractivity contribution >= 4 is 86.4 Å². The highest BCUT2D eigenvalue weighted by molar-refractivity contribution is 8.82. The number of hydrogen-bond donors (Lipinski definition) is 0. The lowest BCUT2D eigenvalue weighted by molar-refractivity contribution is 2.56. The molecule has 0 aromatic heterocycles. The molecule has 0 radical (unpaired) electrons. The SMILES string of the molecule is C1=C\SS/C=C\SS/C=C\SS/C=C\SS/1. The highest BCUT2D eigenvalue weighted by atomic mass is 33.1. The summed E-state index contributed by atoms with van der Waals surface area (Å²) in [5.74, 6) is 0. The van der Waals surface area contributed by atoms with Crippen LogP contribution in [0.2, 0.25) is 0 Å². The van der Waals surface area contributed by atoms with Crippen molar-refractivity contribution in [3.05, 3.63) is 43.3 Å². The number of rotatable bonds is 0. The van der Waals surface area contributed by atoms with E-state index in [4.69, 9.17) is 0 Å². The standard InChI is InChI=1S/C8H8S8/c1-2-10-12-5-6-14-16-8-7-15-13-4-3-11-9-1/h1-8H/b2-1-,4-3-,6-5-,8-7-. The predicted octanol–water partition coefficient (Wildman–Crippen LogP) is 7.41. The molecule has 88 valence electrons. The molecule has 0 spiro atoms. The monoisotopic (exact) mass is 360 g/mol. The smallest absolute Gasteiger partial charge is 0.0106 e. The van der Waals surface area contributed by atoms with Gasteiger partial charge in [-0.15, -0.1) is 0 Å². The van der Waals surface area contributed by atoms with Crippen LogP contribution in [0, 0.1) is 0 Å². The largest absolute Gasteiger partial charge is 0.0606 e. The zero-order valence-electron chi connectivity index (χ0n) is 7.88. The molecular weight excluding hydrogens is 353 g/mol. The lowest BCUT2D eigenvalue weighted by atomic mass is 11.3. The fourth-order valence-corrected chi connectivity index (χ4v) is 7.21. The van der Waals surface area contributed by atoms with Gasteiger partial charge in [0, 0.05) is 0 Å². The van der Waals surface area contributed by atoms with Crippen molar-refractivity contribution in [2.24, 2.45) is 0 Å². The zero-order chi connectivity index (χ0) is 11.3. The van der Waals surface area contributed by atoms with Gasteiger partial charge in [0.05, 0.1) is 0 Å². The van der Waals surface area contributed by atoms with Crippen molar-refractivity contribution < 1.29 is 0 Å². The zero-order valence-corrected chi connectivity index (χ0v) is 14.4. The Morgan fingerprint density at radius 2 is 0.375 bits per heavy atom. The van der Waals surface area contributed by atoms with E-state index in [1.807, 2.05) is 0 Å². The van der Waals surface area contributed by atoms with Crippen LogP contribution >= 0.6 is 86.4 Å². The third-order valence-electron chi connectivity index (χ3n) is 0.889. The number of hydrogen-bond acceptors (Lipinski definition) is 8. The second kappa shape index (κ2) is 13.2. The van der Waals surface area contributed by atoms with E-state index in [2.05, 4.69) is 43.3 Å². The molecule has 8 heteroatoms. The molecule has 0 bridgehead atoms. The van der Waals surface area contributed by atoms with Gasteiger partial charge in [-0.3, -0.25) is 0 Å². The minimum atomic E-state index is 1.73. The van der Waals surface area contributed by atoms with Crippen LogP contribution in [-0.4, -0.2) is 0 Å². The van der Waals surface area contributed by atoms with E-state index in [-0.39, 0.29) is 0 Å².